The van der Waals surface area contributed by atoms with Gasteiger partial charge < -0.3 is 19.7 Å². The molecule has 2 aliphatic rings. The number of hydrogen-bond donors (Lipinski definition) is 2. The van der Waals surface area contributed by atoms with Gasteiger partial charge in [0.25, 0.3) is 0 Å². The molecule has 0 bridgehead atoms. The Morgan fingerprint density at radius 2 is 1.92 bits per heavy atom. The van der Waals surface area contributed by atoms with Crippen LogP contribution in [-0.4, -0.2) is 79.4 Å². The molecule has 2 saturated heterocycles. The van der Waals surface area contributed by atoms with E-state index in [0.717, 1.165) is 11.3 Å². The molecule has 0 amide bonds. The number of anilines is 2. The molecule has 1 atom stereocenters. The number of hydrogen-bond acceptors (Lipinski definition) is 7. The van der Waals surface area contributed by atoms with Gasteiger partial charge in [0, 0.05) is 57.7 Å². The Hall–Kier alpha value is -3.81. The largest absolute Gasteiger partial charge is 0.501 e. The molecule has 2 N–H and O–H groups in total. The molecule has 0 aliphatic carbocycles. The second-order valence-electron chi connectivity index (χ2n) is 9.24. The van der Waals surface area contributed by atoms with Gasteiger partial charge in [-0.2, -0.15) is 0 Å². The molecule has 6 rings (SSSR count). The van der Waals surface area contributed by atoms with Gasteiger partial charge in [-0.15, -0.1) is 0 Å². The summed E-state index contributed by atoms with van der Waals surface area (Å²) >= 11 is -1.45. The first-order chi connectivity index (χ1) is 18.4. The van der Waals surface area contributed by atoms with Crippen molar-refractivity contribution in [2.75, 3.05) is 55.6 Å². The standard InChI is InChI=1S/C25H26FN7O4S/c1-30-6-7-33(38(30)36)20-13-19(31-8-10-37-11-9-31)15-32-24(20)29-21(22(34)25(32)35)23-27-14-18(28-23)12-16-2-4-17(26)5-3-16/h2-5,13-15,34H,6-12H2,1H3,(H,27,28). The van der Waals surface area contributed by atoms with Crippen LogP contribution in [0.2, 0.25) is 0 Å². The fourth-order valence-corrected chi connectivity index (χ4v) is 5.81. The lowest BCUT2D eigenvalue weighted by atomic mass is 10.1. The minimum Gasteiger partial charge on any atom is -0.501 e. The Bertz CT molecular complexity index is 1580. The molecule has 0 radical (unpaired) electrons. The van der Waals surface area contributed by atoms with Crippen LogP contribution in [0.3, 0.4) is 0 Å². The first-order valence-electron chi connectivity index (χ1n) is 12.2. The molecular weight excluding hydrogens is 513 g/mol. The Morgan fingerprint density at radius 1 is 1.16 bits per heavy atom. The molecule has 198 valence electrons. The van der Waals surface area contributed by atoms with Crippen LogP contribution in [0.15, 0.2) is 47.5 Å². The first-order valence-corrected chi connectivity index (χ1v) is 13.3. The molecule has 2 fully saturated rings. The molecule has 4 aromatic rings. The molecular formula is C25H26FN7O4S. The summed E-state index contributed by atoms with van der Waals surface area (Å²) in [4.78, 5) is 27.7. The molecule has 1 aromatic carbocycles. The molecule has 11 nitrogen and oxygen atoms in total. The maximum atomic E-state index is 13.4. The van der Waals surface area contributed by atoms with Gasteiger partial charge in [-0.1, -0.05) is 12.1 Å². The van der Waals surface area contributed by atoms with Crippen molar-refractivity contribution in [3.8, 4) is 17.3 Å². The molecule has 5 heterocycles. The van der Waals surface area contributed by atoms with Gasteiger partial charge in [0.15, 0.2) is 28.3 Å². The van der Waals surface area contributed by atoms with Crippen molar-refractivity contribution in [1.29, 1.82) is 0 Å². The van der Waals surface area contributed by atoms with E-state index < -0.39 is 22.5 Å². The van der Waals surface area contributed by atoms with E-state index in [4.69, 9.17) is 4.74 Å². The van der Waals surface area contributed by atoms with Crippen LogP contribution in [0.1, 0.15) is 11.3 Å². The first kappa shape index (κ1) is 24.5. The lowest BCUT2D eigenvalue weighted by molar-refractivity contribution is 0.122. The molecule has 2 aliphatic heterocycles. The number of ether oxygens (including phenoxy) is 1. The lowest BCUT2D eigenvalue weighted by Crippen LogP contribution is -2.37. The van der Waals surface area contributed by atoms with Crippen LogP contribution in [0.4, 0.5) is 15.8 Å². The summed E-state index contributed by atoms with van der Waals surface area (Å²) < 4.78 is 36.5. The van der Waals surface area contributed by atoms with E-state index >= 15 is 0 Å². The number of rotatable bonds is 5. The number of benzene rings is 1. The van der Waals surface area contributed by atoms with Gasteiger partial charge in [0.05, 0.1) is 24.6 Å². The third kappa shape index (κ3) is 4.42. The molecule has 13 heteroatoms. The molecule has 3 aromatic heterocycles. The number of likely N-dealkylation sites (N-methyl/N-ethyl adjacent to an activating group) is 1. The van der Waals surface area contributed by atoms with Crippen molar-refractivity contribution in [3.63, 3.8) is 0 Å². The lowest BCUT2D eigenvalue weighted by Gasteiger charge is -2.30. The Morgan fingerprint density at radius 3 is 2.63 bits per heavy atom. The maximum absolute atomic E-state index is 13.4. The summed E-state index contributed by atoms with van der Waals surface area (Å²) in [5.41, 5.74) is 2.45. The van der Waals surface area contributed by atoms with Crippen molar-refractivity contribution < 1.29 is 18.4 Å². The quantitative estimate of drug-likeness (QED) is 0.396. The van der Waals surface area contributed by atoms with E-state index in [1.165, 1.54) is 16.5 Å². The summed E-state index contributed by atoms with van der Waals surface area (Å²) in [6.45, 7) is 3.47. The summed E-state index contributed by atoms with van der Waals surface area (Å²) in [5.74, 6) is -0.639. The fourth-order valence-electron chi connectivity index (χ4n) is 4.69. The number of aromatic hydroxyl groups is 1. The smallest absolute Gasteiger partial charge is 0.300 e. The van der Waals surface area contributed by atoms with Crippen LogP contribution in [-0.2, 0) is 22.3 Å². The third-order valence-electron chi connectivity index (χ3n) is 6.75. The van der Waals surface area contributed by atoms with E-state index in [-0.39, 0.29) is 23.0 Å². The Labute approximate surface area is 219 Å². The van der Waals surface area contributed by atoms with Crippen molar-refractivity contribution in [2.24, 2.45) is 0 Å². The highest BCUT2D eigenvalue weighted by Gasteiger charge is 2.30. The van der Waals surface area contributed by atoms with Crippen molar-refractivity contribution >= 4 is 28.2 Å². The zero-order valence-electron chi connectivity index (χ0n) is 20.6. The van der Waals surface area contributed by atoms with Crippen LogP contribution in [0.25, 0.3) is 17.2 Å². The summed E-state index contributed by atoms with van der Waals surface area (Å²) in [6.07, 6.45) is 3.69. The number of halogens is 1. The monoisotopic (exact) mass is 539 g/mol. The number of imidazole rings is 1. The second kappa shape index (κ2) is 9.82. The average molecular weight is 540 g/mol. The number of aromatic nitrogens is 4. The van der Waals surface area contributed by atoms with E-state index in [1.807, 2.05) is 6.07 Å². The number of pyridine rings is 1. The maximum Gasteiger partial charge on any atom is 0.300 e. The van der Waals surface area contributed by atoms with Gasteiger partial charge in [0.1, 0.15) is 5.82 Å². The number of nitrogens with zero attached hydrogens (tertiary/aromatic N) is 6. The van der Waals surface area contributed by atoms with E-state index in [9.17, 15) is 18.5 Å². The summed E-state index contributed by atoms with van der Waals surface area (Å²) in [6, 6.07) is 8.01. The zero-order valence-corrected chi connectivity index (χ0v) is 21.4. The minimum atomic E-state index is -1.45. The fraction of sp³-hybridized carbons (Fsp3) is 0.320. The SMILES string of the molecule is CN1CCN(c2cc(N3CCOCC3)cn3c(=O)c(O)c(-c4ncc(Cc5ccc(F)cc5)[nH]4)nc23)S1=O. The highest BCUT2D eigenvalue weighted by molar-refractivity contribution is 7.84. The van der Waals surface area contributed by atoms with Crippen LogP contribution in [0, 0.1) is 5.82 Å². The molecule has 38 heavy (non-hydrogen) atoms. The van der Waals surface area contributed by atoms with Crippen LogP contribution < -0.4 is 14.8 Å². The summed E-state index contributed by atoms with van der Waals surface area (Å²) in [7, 11) is 1.77. The van der Waals surface area contributed by atoms with Crippen molar-refractivity contribution in [1.82, 2.24) is 23.7 Å². The van der Waals surface area contributed by atoms with Crippen molar-refractivity contribution in [3.05, 3.63) is 70.2 Å². The molecule has 0 saturated carbocycles. The molecule has 1 unspecified atom stereocenters. The molecule has 0 spiro atoms. The average Bonchev–Trinajstić information content (AvgIpc) is 3.53. The minimum absolute atomic E-state index is 0.000868. The Kier molecular flexibility index (Phi) is 6.33. The van der Waals surface area contributed by atoms with Gasteiger partial charge in [-0.05, 0) is 23.8 Å². The van der Waals surface area contributed by atoms with Gasteiger partial charge in [0.2, 0.25) is 5.75 Å². The zero-order chi connectivity index (χ0) is 26.4. The number of morpholine rings is 1. The van der Waals surface area contributed by atoms with E-state index in [0.29, 0.717) is 57.2 Å². The third-order valence-corrected chi connectivity index (χ3v) is 8.22. The van der Waals surface area contributed by atoms with E-state index in [2.05, 4.69) is 19.9 Å². The highest BCUT2D eigenvalue weighted by atomic mass is 32.2. The van der Waals surface area contributed by atoms with E-state index in [1.54, 1.807) is 40.2 Å². The van der Waals surface area contributed by atoms with Crippen LogP contribution >= 0.6 is 0 Å². The topological polar surface area (TPSA) is 119 Å². The number of aromatic amines is 1. The normalized spacial score (nSPS) is 18.5. The predicted octanol–water partition coefficient (Wildman–Crippen LogP) is 1.69. The Balaban J connectivity index is 1.46. The highest BCUT2D eigenvalue weighted by Crippen LogP contribution is 2.32. The number of H-pyrrole nitrogens is 1. The van der Waals surface area contributed by atoms with Gasteiger partial charge >= 0.3 is 5.56 Å². The van der Waals surface area contributed by atoms with Crippen LogP contribution in [0.5, 0.6) is 5.75 Å². The number of nitrogens with one attached hydrogen (secondary N) is 1. The number of fused-ring (bicyclic) bond motifs is 1. The predicted molar refractivity (Wildman–Crippen MR) is 141 cm³/mol. The van der Waals surface area contributed by atoms with Gasteiger partial charge in [-0.25, -0.2) is 22.9 Å². The van der Waals surface area contributed by atoms with Crippen molar-refractivity contribution in [2.45, 2.75) is 6.42 Å². The summed E-state index contributed by atoms with van der Waals surface area (Å²) in [5, 5.41) is 10.9. The second-order valence-corrected chi connectivity index (χ2v) is 10.8. The van der Waals surface area contributed by atoms with Gasteiger partial charge in [-0.3, -0.25) is 13.5 Å².